The summed E-state index contributed by atoms with van der Waals surface area (Å²) in [5, 5.41) is 25.1. The van der Waals surface area contributed by atoms with Crippen LogP contribution in [0.2, 0.25) is 0 Å². The van der Waals surface area contributed by atoms with Gasteiger partial charge in [-0.3, -0.25) is 9.69 Å². The fourth-order valence-electron chi connectivity index (χ4n) is 6.23. The number of carbonyl (C=O) groups excluding carboxylic acids is 1. The first kappa shape index (κ1) is 26.6. The molecule has 0 bridgehead atoms. The van der Waals surface area contributed by atoms with E-state index in [1.807, 2.05) is 11.0 Å². The van der Waals surface area contributed by atoms with Crippen molar-refractivity contribution in [3.63, 3.8) is 0 Å². The van der Waals surface area contributed by atoms with Crippen LogP contribution in [0.3, 0.4) is 0 Å². The van der Waals surface area contributed by atoms with Crippen molar-refractivity contribution >= 4 is 12.0 Å². The molecule has 38 heavy (non-hydrogen) atoms. The standard InChI is InChI=1S/C29H33F3N2O4/c30-29(31,32)38-24(15-20-7-2-1-3-8-20)26(36)33-25-17-27(22-9-6-10-23(35)16-22)13-4-5-14-28(27,37)19-34(25)18-21-11-12-21/h1-3,6-10,15-16,21,25,35,37H,4-5,11-14,17-19H2,(H,33,36)/t25-,27-,28?/m0/s1. The average molecular weight is 531 g/mol. The molecule has 2 aliphatic carbocycles. The summed E-state index contributed by atoms with van der Waals surface area (Å²) in [5.41, 5.74) is -0.689. The van der Waals surface area contributed by atoms with E-state index in [4.69, 9.17) is 0 Å². The molecule has 1 saturated heterocycles. The van der Waals surface area contributed by atoms with Gasteiger partial charge in [0, 0.05) is 18.5 Å². The number of hydrogen-bond acceptors (Lipinski definition) is 5. The maximum absolute atomic E-state index is 13.3. The van der Waals surface area contributed by atoms with Gasteiger partial charge in [0.15, 0.2) is 5.76 Å². The number of phenols is 1. The fourth-order valence-corrected chi connectivity index (χ4v) is 6.23. The van der Waals surface area contributed by atoms with Gasteiger partial charge in [0.05, 0.1) is 11.8 Å². The molecule has 0 spiro atoms. The molecule has 0 aromatic heterocycles. The van der Waals surface area contributed by atoms with E-state index in [-0.39, 0.29) is 12.3 Å². The largest absolute Gasteiger partial charge is 0.573 e. The van der Waals surface area contributed by atoms with Gasteiger partial charge in [-0.25, -0.2) is 0 Å². The van der Waals surface area contributed by atoms with Crippen molar-refractivity contribution in [2.75, 3.05) is 13.1 Å². The molecule has 5 rings (SSSR count). The molecule has 2 aromatic rings. The number of fused-ring (bicyclic) bond motifs is 1. The summed E-state index contributed by atoms with van der Waals surface area (Å²) in [6.07, 6.45) is 0.738. The second-order valence-electron chi connectivity index (χ2n) is 10.9. The van der Waals surface area contributed by atoms with Crippen molar-refractivity contribution in [2.45, 2.75) is 68.5 Å². The first-order valence-corrected chi connectivity index (χ1v) is 13.2. The minimum absolute atomic E-state index is 0.0810. The first-order valence-electron chi connectivity index (χ1n) is 13.2. The van der Waals surface area contributed by atoms with Crippen molar-refractivity contribution in [1.82, 2.24) is 10.2 Å². The number of nitrogens with one attached hydrogen (secondary N) is 1. The maximum Gasteiger partial charge on any atom is 0.573 e. The molecule has 0 radical (unpaired) electrons. The lowest BCUT2D eigenvalue weighted by atomic mass is 9.55. The number of phenolic OH excluding ortho intramolecular Hbond substituents is 1. The maximum atomic E-state index is 13.3. The topological polar surface area (TPSA) is 82.0 Å². The first-order chi connectivity index (χ1) is 18.1. The number of hydrogen-bond donors (Lipinski definition) is 3. The van der Waals surface area contributed by atoms with Crippen LogP contribution in [0.15, 0.2) is 60.4 Å². The summed E-state index contributed by atoms with van der Waals surface area (Å²) in [7, 11) is 0. The number of β-amino-alcohol motifs (C(OH)–C–C–N with tert-alkyl or cyclic N) is 1. The highest BCUT2D eigenvalue weighted by atomic mass is 19.4. The van der Waals surface area contributed by atoms with Gasteiger partial charge in [-0.05, 0) is 67.4 Å². The molecule has 3 N–H and O–H groups in total. The number of aliphatic hydroxyl groups is 1. The smallest absolute Gasteiger partial charge is 0.508 e. The summed E-state index contributed by atoms with van der Waals surface area (Å²) in [5.74, 6) is -1.30. The van der Waals surface area contributed by atoms with Gasteiger partial charge >= 0.3 is 6.36 Å². The van der Waals surface area contributed by atoms with E-state index >= 15 is 0 Å². The minimum atomic E-state index is -5.04. The molecule has 2 aromatic carbocycles. The summed E-state index contributed by atoms with van der Waals surface area (Å²) in [4.78, 5) is 15.4. The lowest BCUT2D eigenvalue weighted by Gasteiger charge is -2.59. The van der Waals surface area contributed by atoms with Crippen LogP contribution in [0.1, 0.15) is 56.1 Å². The Morgan fingerprint density at radius 1 is 1.11 bits per heavy atom. The van der Waals surface area contributed by atoms with E-state index in [1.165, 1.54) is 0 Å². The Morgan fingerprint density at radius 2 is 1.84 bits per heavy atom. The molecule has 9 heteroatoms. The third kappa shape index (κ3) is 5.68. The van der Waals surface area contributed by atoms with Crippen LogP contribution in [0.25, 0.3) is 6.08 Å². The van der Waals surface area contributed by atoms with Crippen molar-refractivity contribution < 1.29 is 32.9 Å². The molecular formula is C29H33F3N2O4. The number of benzene rings is 2. The summed E-state index contributed by atoms with van der Waals surface area (Å²) in [6, 6.07) is 15.1. The Bertz CT molecular complexity index is 1180. The van der Waals surface area contributed by atoms with Gasteiger partial charge in [-0.1, -0.05) is 55.3 Å². The molecule has 6 nitrogen and oxygen atoms in total. The normalized spacial score (nSPS) is 28.4. The average Bonchev–Trinajstić information content (AvgIpc) is 3.68. The van der Waals surface area contributed by atoms with Gasteiger partial charge in [0.2, 0.25) is 0 Å². The quantitative estimate of drug-likeness (QED) is 0.344. The predicted octanol–water partition coefficient (Wildman–Crippen LogP) is 5.07. The number of likely N-dealkylation sites (tertiary alicyclic amines) is 1. The third-order valence-corrected chi connectivity index (χ3v) is 8.21. The zero-order chi connectivity index (χ0) is 27.0. The van der Waals surface area contributed by atoms with Crippen LogP contribution >= 0.6 is 0 Å². The van der Waals surface area contributed by atoms with Crippen LogP contribution in [0.4, 0.5) is 13.2 Å². The molecule has 204 valence electrons. The van der Waals surface area contributed by atoms with E-state index in [0.717, 1.165) is 37.3 Å². The van der Waals surface area contributed by atoms with Crippen molar-refractivity contribution in [3.8, 4) is 5.75 Å². The number of piperidine rings is 1. The molecule has 1 amide bonds. The van der Waals surface area contributed by atoms with E-state index in [9.17, 15) is 28.2 Å². The highest BCUT2D eigenvalue weighted by molar-refractivity contribution is 5.96. The number of rotatable bonds is 7. The zero-order valence-corrected chi connectivity index (χ0v) is 21.1. The Balaban J connectivity index is 1.49. The van der Waals surface area contributed by atoms with Crippen LogP contribution < -0.4 is 5.32 Å². The highest BCUT2D eigenvalue weighted by Gasteiger charge is 2.58. The summed E-state index contributed by atoms with van der Waals surface area (Å²) < 4.78 is 44.0. The monoisotopic (exact) mass is 530 g/mol. The Morgan fingerprint density at radius 3 is 2.53 bits per heavy atom. The Kier molecular flexibility index (Phi) is 7.17. The van der Waals surface area contributed by atoms with Crippen molar-refractivity contribution in [1.29, 1.82) is 0 Å². The fraction of sp³-hybridized carbons (Fsp3) is 0.483. The van der Waals surface area contributed by atoms with Gasteiger partial charge in [-0.15, -0.1) is 13.2 Å². The minimum Gasteiger partial charge on any atom is -0.508 e. The van der Waals surface area contributed by atoms with Gasteiger partial charge in [0.1, 0.15) is 5.75 Å². The third-order valence-electron chi connectivity index (χ3n) is 8.21. The van der Waals surface area contributed by atoms with E-state index < -0.39 is 35.2 Å². The van der Waals surface area contributed by atoms with Crippen LogP contribution in [0, 0.1) is 5.92 Å². The number of carbonyl (C=O) groups is 1. The Hall–Kier alpha value is -3.04. The second kappa shape index (κ2) is 10.3. The van der Waals surface area contributed by atoms with Crippen LogP contribution in [-0.4, -0.2) is 52.2 Å². The van der Waals surface area contributed by atoms with E-state index in [2.05, 4.69) is 10.1 Å². The molecule has 3 aliphatic rings. The number of ether oxygens (including phenoxy) is 1. The molecular weight excluding hydrogens is 497 g/mol. The lowest BCUT2D eigenvalue weighted by Crippen LogP contribution is -2.70. The second-order valence-corrected chi connectivity index (χ2v) is 10.9. The lowest BCUT2D eigenvalue weighted by molar-refractivity contribution is -0.304. The number of nitrogens with zero attached hydrogens (tertiary/aromatic N) is 1. The van der Waals surface area contributed by atoms with Gasteiger partial charge in [0.25, 0.3) is 5.91 Å². The number of halogens is 3. The predicted molar refractivity (Wildman–Crippen MR) is 136 cm³/mol. The number of aromatic hydroxyl groups is 1. The van der Waals surface area contributed by atoms with Crippen LogP contribution in [0.5, 0.6) is 5.75 Å². The molecule has 1 unspecified atom stereocenters. The van der Waals surface area contributed by atoms with Gasteiger partial charge in [-0.2, -0.15) is 0 Å². The van der Waals surface area contributed by atoms with Gasteiger partial charge < -0.3 is 20.3 Å². The zero-order valence-electron chi connectivity index (χ0n) is 21.1. The summed E-state index contributed by atoms with van der Waals surface area (Å²) >= 11 is 0. The summed E-state index contributed by atoms with van der Waals surface area (Å²) in [6.45, 7) is 0.920. The number of alkyl halides is 3. The molecule has 3 atom stereocenters. The number of amides is 1. The molecule has 2 saturated carbocycles. The van der Waals surface area contributed by atoms with E-state index in [1.54, 1.807) is 48.5 Å². The molecule has 1 aliphatic heterocycles. The van der Waals surface area contributed by atoms with Crippen LogP contribution in [-0.2, 0) is 14.9 Å². The SMILES string of the molecule is O=C(N[C@@H]1C[C@]2(c3cccc(O)c3)CCCCC2(O)CN1CC1CC1)C(=Cc1ccccc1)OC(F)(F)F. The molecule has 3 fully saturated rings. The molecule has 1 heterocycles. The Labute approximate surface area is 220 Å². The van der Waals surface area contributed by atoms with Crippen molar-refractivity contribution in [3.05, 3.63) is 71.5 Å². The van der Waals surface area contributed by atoms with Crippen molar-refractivity contribution in [2.24, 2.45) is 5.92 Å². The van der Waals surface area contributed by atoms with E-state index in [0.29, 0.717) is 37.3 Å². The highest BCUT2D eigenvalue weighted by Crippen LogP contribution is 2.53.